The van der Waals surface area contributed by atoms with Crippen LogP contribution in [-0.4, -0.2) is 48.4 Å². The molecule has 1 unspecified atom stereocenters. The van der Waals surface area contributed by atoms with E-state index in [1.807, 2.05) is 14.0 Å². The van der Waals surface area contributed by atoms with Gasteiger partial charge in [-0.3, -0.25) is 4.79 Å². The summed E-state index contributed by atoms with van der Waals surface area (Å²) >= 11 is 0. The van der Waals surface area contributed by atoms with E-state index in [4.69, 9.17) is 5.73 Å². The first-order valence-electron chi connectivity index (χ1n) is 6.64. The Bertz CT molecular complexity index is 521. The van der Waals surface area contributed by atoms with E-state index in [1.54, 1.807) is 0 Å². The van der Waals surface area contributed by atoms with E-state index in [2.05, 4.69) is 4.90 Å². The molecule has 110 valence electrons. The molecule has 0 aliphatic carbocycles. The third-order valence-corrected chi connectivity index (χ3v) is 3.64. The van der Waals surface area contributed by atoms with E-state index in [1.165, 1.54) is 4.90 Å². The number of benzene rings is 1. The fourth-order valence-electron chi connectivity index (χ4n) is 2.58. The van der Waals surface area contributed by atoms with E-state index < -0.39 is 23.1 Å². The van der Waals surface area contributed by atoms with Gasteiger partial charge >= 0.3 is 0 Å². The minimum absolute atomic E-state index is 0.102. The van der Waals surface area contributed by atoms with Gasteiger partial charge in [0.1, 0.15) is 11.4 Å². The minimum Gasteiger partial charge on any atom is -0.396 e. The highest BCUT2D eigenvalue weighted by Gasteiger charge is 2.29. The van der Waals surface area contributed by atoms with Crippen LogP contribution < -0.4 is 5.73 Å². The first kappa shape index (κ1) is 14.7. The molecular formula is C14H19F2N3O. The molecule has 20 heavy (non-hydrogen) atoms. The number of hydrogen-bond acceptors (Lipinski definition) is 3. The van der Waals surface area contributed by atoms with Crippen LogP contribution in [0.2, 0.25) is 0 Å². The van der Waals surface area contributed by atoms with Crippen molar-refractivity contribution in [2.45, 2.75) is 19.4 Å². The molecule has 0 aromatic heterocycles. The number of carbonyl (C=O) groups excluding carboxylic acids is 1. The Labute approximate surface area is 117 Å². The molecule has 0 radical (unpaired) electrons. The number of nitrogen functional groups attached to an aromatic ring is 1. The second-order valence-corrected chi connectivity index (χ2v) is 5.29. The third kappa shape index (κ3) is 2.75. The van der Waals surface area contributed by atoms with Gasteiger partial charge in [-0.2, -0.15) is 0 Å². The zero-order valence-electron chi connectivity index (χ0n) is 11.7. The van der Waals surface area contributed by atoms with Gasteiger partial charge in [0, 0.05) is 19.1 Å². The fourth-order valence-corrected chi connectivity index (χ4v) is 2.58. The molecule has 1 aliphatic heterocycles. The molecule has 0 saturated carbocycles. The van der Waals surface area contributed by atoms with Crippen LogP contribution in [0.5, 0.6) is 0 Å². The monoisotopic (exact) mass is 283 g/mol. The van der Waals surface area contributed by atoms with Gasteiger partial charge in [-0.05, 0) is 39.1 Å². The summed E-state index contributed by atoms with van der Waals surface area (Å²) in [6.07, 6.45) is 0.776. The maximum Gasteiger partial charge on any atom is 0.260 e. The Kier molecular flexibility index (Phi) is 4.23. The Morgan fingerprint density at radius 3 is 2.75 bits per heavy atom. The number of likely N-dealkylation sites (N-methyl/N-ethyl adjacent to an activating group) is 1. The molecule has 2 N–H and O–H groups in total. The molecule has 1 aromatic carbocycles. The van der Waals surface area contributed by atoms with Crippen LogP contribution in [0.3, 0.4) is 0 Å². The number of nitrogens with two attached hydrogens (primary N) is 1. The summed E-state index contributed by atoms with van der Waals surface area (Å²) in [5.74, 6) is -2.47. The molecule has 6 heteroatoms. The predicted octanol–water partition coefficient (Wildman–Crippen LogP) is 1.71. The van der Waals surface area contributed by atoms with Crippen LogP contribution in [0.25, 0.3) is 0 Å². The van der Waals surface area contributed by atoms with Crippen LogP contribution in [0.1, 0.15) is 23.7 Å². The smallest absolute Gasteiger partial charge is 0.260 e. The molecule has 1 atom stereocenters. The predicted molar refractivity (Wildman–Crippen MR) is 73.4 cm³/mol. The second-order valence-electron chi connectivity index (χ2n) is 5.29. The molecule has 1 fully saturated rings. The van der Waals surface area contributed by atoms with Crippen LogP contribution >= 0.6 is 0 Å². The molecule has 1 aromatic rings. The van der Waals surface area contributed by atoms with E-state index in [0.717, 1.165) is 25.1 Å². The number of amides is 1. The van der Waals surface area contributed by atoms with Crippen LogP contribution in [0.15, 0.2) is 12.1 Å². The number of carbonyl (C=O) groups is 1. The standard InChI is InChI=1S/C14H19F2N3O/c1-9-8-18(2)6-3-7-19(9)14(20)12-10(15)4-5-11(17)13(12)16/h4-5,9H,3,6-8,17H2,1-2H3. The summed E-state index contributed by atoms with van der Waals surface area (Å²) in [7, 11) is 1.96. The SMILES string of the molecule is CC1CN(C)CCCN1C(=O)c1c(F)ccc(N)c1F. The summed E-state index contributed by atoms with van der Waals surface area (Å²) in [5, 5.41) is 0. The fraction of sp³-hybridized carbons (Fsp3) is 0.500. The molecule has 1 heterocycles. The van der Waals surface area contributed by atoms with Gasteiger partial charge < -0.3 is 15.5 Å². The van der Waals surface area contributed by atoms with Crippen LogP contribution in [0.4, 0.5) is 14.5 Å². The average molecular weight is 283 g/mol. The third-order valence-electron chi connectivity index (χ3n) is 3.64. The lowest BCUT2D eigenvalue weighted by Crippen LogP contribution is -2.42. The summed E-state index contributed by atoms with van der Waals surface area (Å²) in [6.45, 7) is 3.90. The van der Waals surface area contributed by atoms with Crippen LogP contribution in [0, 0.1) is 11.6 Å². The van der Waals surface area contributed by atoms with Gasteiger partial charge in [-0.15, -0.1) is 0 Å². The Morgan fingerprint density at radius 2 is 2.05 bits per heavy atom. The Morgan fingerprint density at radius 1 is 1.35 bits per heavy atom. The van der Waals surface area contributed by atoms with E-state index in [0.29, 0.717) is 13.1 Å². The van der Waals surface area contributed by atoms with Crippen molar-refractivity contribution >= 4 is 11.6 Å². The van der Waals surface area contributed by atoms with E-state index in [-0.39, 0.29) is 11.7 Å². The first-order valence-corrected chi connectivity index (χ1v) is 6.64. The van der Waals surface area contributed by atoms with Gasteiger partial charge in [0.25, 0.3) is 5.91 Å². The maximum atomic E-state index is 14.0. The molecular weight excluding hydrogens is 264 g/mol. The molecule has 0 bridgehead atoms. The van der Waals surface area contributed by atoms with E-state index >= 15 is 0 Å². The van der Waals surface area contributed by atoms with Crippen molar-refractivity contribution in [3.05, 3.63) is 29.3 Å². The lowest BCUT2D eigenvalue weighted by atomic mass is 10.1. The van der Waals surface area contributed by atoms with Crippen molar-refractivity contribution < 1.29 is 13.6 Å². The second kappa shape index (κ2) is 5.75. The number of nitrogens with zero attached hydrogens (tertiary/aromatic N) is 2. The maximum absolute atomic E-state index is 14.0. The number of hydrogen-bond donors (Lipinski definition) is 1. The molecule has 2 rings (SSSR count). The summed E-state index contributed by atoms with van der Waals surface area (Å²) in [5.41, 5.74) is 4.66. The summed E-state index contributed by atoms with van der Waals surface area (Å²) < 4.78 is 27.7. The van der Waals surface area contributed by atoms with Crippen molar-refractivity contribution in [2.24, 2.45) is 0 Å². The average Bonchev–Trinajstić information content (AvgIpc) is 2.55. The van der Waals surface area contributed by atoms with Gasteiger partial charge in [-0.25, -0.2) is 8.78 Å². The Balaban J connectivity index is 2.33. The zero-order chi connectivity index (χ0) is 14.9. The summed E-state index contributed by atoms with van der Waals surface area (Å²) in [6, 6.07) is 2.05. The molecule has 1 amide bonds. The van der Waals surface area contributed by atoms with Crippen molar-refractivity contribution in [3.8, 4) is 0 Å². The Hall–Kier alpha value is -1.69. The van der Waals surface area contributed by atoms with Crippen molar-refractivity contribution in [1.82, 2.24) is 9.80 Å². The highest BCUT2D eigenvalue weighted by Crippen LogP contribution is 2.22. The van der Waals surface area contributed by atoms with Crippen molar-refractivity contribution in [2.75, 3.05) is 32.4 Å². The molecule has 1 saturated heterocycles. The van der Waals surface area contributed by atoms with Crippen LogP contribution in [-0.2, 0) is 0 Å². The first-order chi connectivity index (χ1) is 9.41. The lowest BCUT2D eigenvalue weighted by Gasteiger charge is -2.28. The largest absolute Gasteiger partial charge is 0.396 e. The molecule has 1 aliphatic rings. The summed E-state index contributed by atoms with van der Waals surface area (Å²) in [4.78, 5) is 16.1. The number of rotatable bonds is 1. The topological polar surface area (TPSA) is 49.6 Å². The lowest BCUT2D eigenvalue weighted by molar-refractivity contribution is 0.0686. The zero-order valence-corrected chi connectivity index (χ0v) is 11.7. The quantitative estimate of drug-likeness (QED) is 0.798. The molecule has 0 spiro atoms. The normalized spacial score (nSPS) is 20.8. The minimum atomic E-state index is -0.972. The number of anilines is 1. The van der Waals surface area contributed by atoms with Gasteiger partial charge in [0.2, 0.25) is 0 Å². The van der Waals surface area contributed by atoms with E-state index in [9.17, 15) is 13.6 Å². The number of halogens is 2. The van der Waals surface area contributed by atoms with Gasteiger partial charge in [-0.1, -0.05) is 0 Å². The van der Waals surface area contributed by atoms with Gasteiger partial charge in [0.15, 0.2) is 5.82 Å². The van der Waals surface area contributed by atoms with Crippen molar-refractivity contribution in [1.29, 1.82) is 0 Å². The molecule has 4 nitrogen and oxygen atoms in total. The van der Waals surface area contributed by atoms with Gasteiger partial charge in [0.05, 0.1) is 5.69 Å². The highest BCUT2D eigenvalue weighted by molar-refractivity contribution is 5.96. The highest BCUT2D eigenvalue weighted by atomic mass is 19.1. The van der Waals surface area contributed by atoms with Crippen molar-refractivity contribution in [3.63, 3.8) is 0 Å².